The molecule has 24 heavy (non-hydrogen) atoms. The number of oxazole rings is 1. The number of amides is 1. The Hall–Kier alpha value is -2.56. The van der Waals surface area contributed by atoms with Crippen LogP contribution in [0.3, 0.4) is 0 Å². The van der Waals surface area contributed by atoms with Crippen LogP contribution >= 0.6 is 0 Å². The van der Waals surface area contributed by atoms with Crippen molar-refractivity contribution < 1.29 is 13.9 Å². The van der Waals surface area contributed by atoms with Crippen LogP contribution in [0, 0.1) is 5.92 Å². The predicted octanol–water partition coefficient (Wildman–Crippen LogP) is 3.37. The summed E-state index contributed by atoms with van der Waals surface area (Å²) in [4.78, 5) is 16.3. The zero-order chi connectivity index (χ0) is 16.8. The summed E-state index contributed by atoms with van der Waals surface area (Å²) < 4.78 is 10.7. The molecule has 5 heteroatoms. The quantitative estimate of drug-likeness (QED) is 0.792. The van der Waals surface area contributed by atoms with Gasteiger partial charge >= 0.3 is 0 Å². The van der Waals surface area contributed by atoms with E-state index in [4.69, 9.17) is 9.15 Å². The van der Waals surface area contributed by atoms with Crippen molar-refractivity contribution in [1.29, 1.82) is 0 Å². The Bertz CT molecular complexity index is 704. The van der Waals surface area contributed by atoms with Gasteiger partial charge in [0.1, 0.15) is 12.0 Å². The Morgan fingerprint density at radius 2 is 2.21 bits per heavy atom. The molecule has 1 atom stereocenters. The first-order chi connectivity index (χ1) is 11.7. The molecular formula is C19H22N2O3. The van der Waals surface area contributed by atoms with Crippen LogP contribution in [-0.4, -0.2) is 24.5 Å². The molecule has 0 fully saturated rings. The lowest BCUT2D eigenvalue weighted by Crippen LogP contribution is -2.27. The molecule has 2 aromatic rings. The molecular weight excluding hydrogens is 304 g/mol. The standard InChI is InChI=1S/C19H22N2O3/c1-23-17-8-6-15(7-9-17)19-21-16(13-24-19)10-11-20-18(22)12-14-4-2-3-5-14/h2,4,6-9,13-14H,3,5,10-12H2,1H3,(H,20,22). The highest BCUT2D eigenvalue weighted by atomic mass is 16.5. The molecule has 0 radical (unpaired) electrons. The SMILES string of the molecule is COc1ccc(-c2nc(CCNC(=O)CC3C=CCC3)co2)cc1. The van der Waals surface area contributed by atoms with Crippen molar-refractivity contribution >= 4 is 5.91 Å². The summed E-state index contributed by atoms with van der Waals surface area (Å²) in [6, 6.07) is 7.56. The van der Waals surface area contributed by atoms with E-state index in [-0.39, 0.29) is 5.91 Å². The molecule has 0 saturated carbocycles. The van der Waals surface area contributed by atoms with Gasteiger partial charge in [0.25, 0.3) is 0 Å². The van der Waals surface area contributed by atoms with E-state index in [2.05, 4.69) is 22.5 Å². The third kappa shape index (κ3) is 4.25. The van der Waals surface area contributed by atoms with Crippen LogP contribution in [0.4, 0.5) is 0 Å². The number of rotatable bonds is 7. The number of nitrogens with zero attached hydrogens (tertiary/aromatic N) is 1. The van der Waals surface area contributed by atoms with Crippen LogP contribution in [0.2, 0.25) is 0 Å². The molecule has 1 unspecified atom stereocenters. The lowest BCUT2D eigenvalue weighted by atomic mass is 10.1. The maximum Gasteiger partial charge on any atom is 0.226 e. The molecule has 1 heterocycles. The van der Waals surface area contributed by atoms with Gasteiger partial charge in [0.05, 0.1) is 12.8 Å². The van der Waals surface area contributed by atoms with Gasteiger partial charge in [-0.1, -0.05) is 12.2 Å². The molecule has 3 rings (SSSR count). The Morgan fingerprint density at radius 1 is 1.38 bits per heavy atom. The van der Waals surface area contributed by atoms with Crippen molar-refractivity contribution in [2.24, 2.45) is 5.92 Å². The fraction of sp³-hybridized carbons (Fsp3) is 0.368. The van der Waals surface area contributed by atoms with Gasteiger partial charge in [0, 0.05) is 24.9 Å². The number of aromatic nitrogens is 1. The van der Waals surface area contributed by atoms with E-state index >= 15 is 0 Å². The molecule has 1 amide bonds. The largest absolute Gasteiger partial charge is 0.497 e. The highest BCUT2D eigenvalue weighted by Gasteiger charge is 2.14. The summed E-state index contributed by atoms with van der Waals surface area (Å²) in [6.07, 6.45) is 9.34. The zero-order valence-electron chi connectivity index (χ0n) is 13.8. The molecule has 1 aliphatic carbocycles. The average molecular weight is 326 g/mol. The van der Waals surface area contributed by atoms with E-state index in [1.807, 2.05) is 24.3 Å². The zero-order valence-corrected chi connectivity index (χ0v) is 13.8. The second-order valence-electron chi connectivity index (χ2n) is 5.94. The molecule has 5 nitrogen and oxygen atoms in total. The highest BCUT2D eigenvalue weighted by Crippen LogP contribution is 2.22. The smallest absolute Gasteiger partial charge is 0.226 e. The molecule has 1 aliphatic rings. The predicted molar refractivity (Wildman–Crippen MR) is 91.7 cm³/mol. The third-order valence-corrected chi connectivity index (χ3v) is 4.15. The topological polar surface area (TPSA) is 64.4 Å². The van der Waals surface area contributed by atoms with Crippen LogP contribution in [0.5, 0.6) is 5.75 Å². The molecule has 0 bridgehead atoms. The van der Waals surface area contributed by atoms with E-state index in [0.717, 1.165) is 29.8 Å². The first-order valence-electron chi connectivity index (χ1n) is 8.27. The van der Waals surface area contributed by atoms with Crippen LogP contribution in [-0.2, 0) is 11.2 Å². The Labute approximate surface area is 141 Å². The normalized spacial score (nSPS) is 16.3. The second kappa shape index (κ2) is 7.81. The number of carbonyl (C=O) groups excluding carboxylic acids is 1. The fourth-order valence-corrected chi connectivity index (χ4v) is 2.79. The number of benzene rings is 1. The number of hydrogen-bond acceptors (Lipinski definition) is 4. The van der Waals surface area contributed by atoms with Crippen LogP contribution in [0.15, 0.2) is 47.1 Å². The van der Waals surface area contributed by atoms with Gasteiger partial charge in [-0.15, -0.1) is 0 Å². The van der Waals surface area contributed by atoms with E-state index in [1.165, 1.54) is 0 Å². The summed E-state index contributed by atoms with van der Waals surface area (Å²) in [7, 11) is 1.63. The summed E-state index contributed by atoms with van der Waals surface area (Å²) in [5.74, 6) is 1.88. The highest BCUT2D eigenvalue weighted by molar-refractivity contribution is 5.76. The second-order valence-corrected chi connectivity index (χ2v) is 5.94. The number of nitrogens with one attached hydrogen (secondary N) is 1. The Kier molecular flexibility index (Phi) is 5.31. The van der Waals surface area contributed by atoms with E-state index in [0.29, 0.717) is 31.2 Å². The Balaban J connectivity index is 1.47. The summed E-state index contributed by atoms with van der Waals surface area (Å²) >= 11 is 0. The minimum Gasteiger partial charge on any atom is -0.497 e. The first kappa shape index (κ1) is 16.3. The van der Waals surface area contributed by atoms with Crippen molar-refractivity contribution in [3.8, 4) is 17.2 Å². The van der Waals surface area contributed by atoms with Crippen LogP contribution in [0.25, 0.3) is 11.5 Å². The van der Waals surface area contributed by atoms with E-state index < -0.39 is 0 Å². The monoisotopic (exact) mass is 326 g/mol. The van der Waals surface area contributed by atoms with Crippen molar-refractivity contribution in [2.75, 3.05) is 13.7 Å². The van der Waals surface area contributed by atoms with Gasteiger partial charge in [-0.05, 0) is 43.0 Å². The van der Waals surface area contributed by atoms with Gasteiger partial charge in [0.2, 0.25) is 11.8 Å². The number of carbonyl (C=O) groups is 1. The van der Waals surface area contributed by atoms with Crippen LogP contribution < -0.4 is 10.1 Å². The van der Waals surface area contributed by atoms with Crippen LogP contribution in [0.1, 0.15) is 25.0 Å². The summed E-state index contributed by atoms with van der Waals surface area (Å²) in [5, 5.41) is 2.95. The minimum atomic E-state index is 0.102. The summed E-state index contributed by atoms with van der Waals surface area (Å²) in [5.41, 5.74) is 1.74. The molecule has 1 aromatic heterocycles. The lowest BCUT2D eigenvalue weighted by Gasteiger charge is -2.07. The number of methoxy groups -OCH3 is 1. The van der Waals surface area contributed by atoms with Gasteiger partial charge in [-0.3, -0.25) is 4.79 Å². The molecule has 0 aliphatic heterocycles. The third-order valence-electron chi connectivity index (χ3n) is 4.15. The lowest BCUT2D eigenvalue weighted by molar-refractivity contribution is -0.121. The fourth-order valence-electron chi connectivity index (χ4n) is 2.79. The van der Waals surface area contributed by atoms with Gasteiger partial charge in [-0.2, -0.15) is 0 Å². The minimum absolute atomic E-state index is 0.102. The maximum absolute atomic E-state index is 11.9. The van der Waals surface area contributed by atoms with Gasteiger partial charge in [-0.25, -0.2) is 4.98 Å². The van der Waals surface area contributed by atoms with Crippen molar-refractivity contribution in [3.05, 3.63) is 48.4 Å². The molecule has 0 spiro atoms. The first-order valence-corrected chi connectivity index (χ1v) is 8.27. The van der Waals surface area contributed by atoms with Gasteiger partial charge < -0.3 is 14.5 Å². The average Bonchev–Trinajstić information content (AvgIpc) is 3.27. The van der Waals surface area contributed by atoms with E-state index in [1.54, 1.807) is 13.4 Å². The van der Waals surface area contributed by atoms with E-state index in [9.17, 15) is 4.79 Å². The number of hydrogen-bond donors (Lipinski definition) is 1. The van der Waals surface area contributed by atoms with Crippen molar-refractivity contribution in [3.63, 3.8) is 0 Å². The molecule has 1 aromatic carbocycles. The van der Waals surface area contributed by atoms with Gasteiger partial charge in [0.15, 0.2) is 0 Å². The maximum atomic E-state index is 11.9. The Morgan fingerprint density at radius 3 is 2.92 bits per heavy atom. The molecule has 1 N–H and O–H groups in total. The molecule has 0 saturated heterocycles. The van der Waals surface area contributed by atoms with Crippen molar-refractivity contribution in [1.82, 2.24) is 10.3 Å². The summed E-state index contributed by atoms with van der Waals surface area (Å²) in [6.45, 7) is 0.573. The number of allylic oxidation sites excluding steroid dienone is 2. The number of ether oxygens (including phenoxy) is 1. The molecule has 126 valence electrons. The van der Waals surface area contributed by atoms with Crippen molar-refractivity contribution in [2.45, 2.75) is 25.7 Å².